The van der Waals surface area contributed by atoms with Gasteiger partial charge in [-0.3, -0.25) is 4.79 Å². The summed E-state index contributed by atoms with van der Waals surface area (Å²) in [6.45, 7) is -0.268. The van der Waals surface area contributed by atoms with Crippen molar-refractivity contribution in [3.05, 3.63) is 35.4 Å². The molecular weight excluding hydrogens is 310 g/mol. The second-order valence-corrected chi connectivity index (χ2v) is 5.41. The number of carbonyl (C=O) groups excluding carboxylic acids is 1. The molecule has 7 heteroatoms. The van der Waals surface area contributed by atoms with Crippen LogP contribution < -0.4 is 0 Å². The van der Waals surface area contributed by atoms with E-state index in [9.17, 15) is 22.4 Å². The first-order valence-corrected chi connectivity index (χ1v) is 7.03. The number of rotatable bonds is 4. The molecule has 1 unspecified atom stereocenters. The van der Waals surface area contributed by atoms with Crippen LogP contribution in [0.5, 0.6) is 0 Å². The van der Waals surface area contributed by atoms with Crippen LogP contribution in [-0.4, -0.2) is 28.7 Å². The molecule has 1 amide bonds. The lowest BCUT2D eigenvalue weighted by atomic mass is 10.1. The van der Waals surface area contributed by atoms with E-state index >= 15 is 0 Å². The molecule has 0 heterocycles. The van der Waals surface area contributed by atoms with Gasteiger partial charge in [0.25, 0.3) is 0 Å². The number of halogens is 5. The van der Waals surface area contributed by atoms with Crippen LogP contribution in [-0.2, 0) is 11.3 Å². The van der Waals surface area contributed by atoms with Gasteiger partial charge in [-0.25, -0.2) is 17.6 Å². The summed E-state index contributed by atoms with van der Waals surface area (Å²) in [6, 6.07) is 2.14. The first-order chi connectivity index (χ1) is 9.82. The van der Waals surface area contributed by atoms with Gasteiger partial charge < -0.3 is 4.90 Å². The Balaban J connectivity index is 2.21. The fraction of sp³-hybridized carbons (Fsp3) is 0.500. The van der Waals surface area contributed by atoms with E-state index in [2.05, 4.69) is 0 Å². The smallest absolute Gasteiger partial charge is 0.250 e. The first kappa shape index (κ1) is 16.1. The van der Waals surface area contributed by atoms with E-state index in [0.29, 0.717) is 0 Å². The fourth-order valence-corrected chi connectivity index (χ4v) is 2.69. The maximum Gasteiger partial charge on any atom is 0.250 e. The Bertz CT molecular complexity index is 538. The van der Waals surface area contributed by atoms with Gasteiger partial charge in [-0.15, -0.1) is 11.6 Å². The van der Waals surface area contributed by atoms with Crippen LogP contribution in [0.25, 0.3) is 0 Å². The average Bonchev–Trinajstić information content (AvgIpc) is 2.79. The molecular formula is C14H14ClF4NO. The van der Waals surface area contributed by atoms with E-state index in [0.717, 1.165) is 23.1 Å². The van der Waals surface area contributed by atoms with Gasteiger partial charge in [0.2, 0.25) is 11.8 Å². The largest absolute Gasteiger partial charge is 0.334 e. The fourth-order valence-electron chi connectivity index (χ4n) is 2.54. The number of benzene rings is 1. The predicted octanol–water partition coefficient (Wildman–Crippen LogP) is 3.72. The van der Waals surface area contributed by atoms with Crippen LogP contribution in [0.3, 0.4) is 0 Å². The third-order valence-electron chi connectivity index (χ3n) is 3.60. The molecule has 0 aliphatic heterocycles. The highest BCUT2D eigenvalue weighted by molar-refractivity contribution is 6.27. The molecule has 1 aromatic carbocycles. The Hall–Kier alpha value is -1.30. The van der Waals surface area contributed by atoms with Gasteiger partial charge in [0.1, 0.15) is 17.5 Å². The van der Waals surface area contributed by atoms with Crippen LogP contribution in [0, 0.1) is 11.6 Å². The highest BCUT2D eigenvalue weighted by Gasteiger charge is 2.43. The summed E-state index contributed by atoms with van der Waals surface area (Å²) in [5.74, 6) is -5.13. The van der Waals surface area contributed by atoms with Crippen molar-refractivity contribution in [3.8, 4) is 0 Å². The lowest BCUT2D eigenvalue weighted by molar-refractivity contribution is -0.131. The molecule has 0 bridgehead atoms. The van der Waals surface area contributed by atoms with E-state index in [-0.39, 0.29) is 30.8 Å². The Morgan fingerprint density at radius 2 is 2.10 bits per heavy atom. The van der Waals surface area contributed by atoms with Gasteiger partial charge in [-0.05, 0) is 24.6 Å². The third kappa shape index (κ3) is 3.87. The van der Waals surface area contributed by atoms with Crippen molar-refractivity contribution in [1.29, 1.82) is 0 Å². The number of nitrogens with zero attached hydrogens (tertiary/aromatic N) is 1. The number of hydrogen-bond acceptors (Lipinski definition) is 1. The maximum atomic E-state index is 13.7. The maximum absolute atomic E-state index is 13.7. The van der Waals surface area contributed by atoms with Crippen LogP contribution in [0.15, 0.2) is 18.2 Å². The van der Waals surface area contributed by atoms with Crippen molar-refractivity contribution >= 4 is 17.5 Å². The number of carbonyl (C=O) groups is 1. The Kier molecular flexibility index (Phi) is 4.76. The highest BCUT2D eigenvalue weighted by Crippen LogP contribution is 2.38. The zero-order chi connectivity index (χ0) is 15.6. The van der Waals surface area contributed by atoms with E-state index in [4.69, 9.17) is 11.6 Å². The number of alkyl halides is 3. The summed E-state index contributed by atoms with van der Waals surface area (Å²) in [5.41, 5.74) is -0.0521. The number of hydrogen-bond donors (Lipinski definition) is 0. The van der Waals surface area contributed by atoms with Crippen LogP contribution in [0.1, 0.15) is 24.8 Å². The normalized spacial score (nSPS) is 20.5. The zero-order valence-electron chi connectivity index (χ0n) is 11.1. The summed E-state index contributed by atoms with van der Waals surface area (Å²) in [7, 11) is 0. The monoisotopic (exact) mass is 323 g/mol. The van der Waals surface area contributed by atoms with Gasteiger partial charge in [0, 0.05) is 31.0 Å². The van der Waals surface area contributed by atoms with E-state index in [1.807, 2.05) is 0 Å². The van der Waals surface area contributed by atoms with Crippen molar-refractivity contribution in [3.63, 3.8) is 0 Å². The summed E-state index contributed by atoms with van der Waals surface area (Å²) >= 11 is 5.49. The summed E-state index contributed by atoms with van der Waals surface area (Å²) in [6.07, 6.45) is -0.686. The summed E-state index contributed by atoms with van der Waals surface area (Å²) in [4.78, 5) is 13.0. The SMILES string of the molecule is O=C(CCl)N(Cc1cc(F)ccc1F)C1CCC(F)(F)C1. The molecule has 116 valence electrons. The van der Waals surface area contributed by atoms with Crippen LogP contribution in [0.2, 0.25) is 0 Å². The van der Waals surface area contributed by atoms with Gasteiger partial charge in [0.05, 0.1) is 0 Å². The molecule has 0 N–H and O–H groups in total. The van der Waals surface area contributed by atoms with Crippen molar-refractivity contribution in [2.75, 3.05) is 5.88 Å². The minimum Gasteiger partial charge on any atom is -0.334 e. The van der Waals surface area contributed by atoms with Crippen molar-refractivity contribution in [2.24, 2.45) is 0 Å². The van der Waals surface area contributed by atoms with Gasteiger partial charge in [-0.1, -0.05) is 0 Å². The molecule has 1 aliphatic rings. The Labute approximate surface area is 124 Å². The lowest BCUT2D eigenvalue weighted by Crippen LogP contribution is -2.40. The standard InChI is InChI=1S/C14H14ClF4NO/c15-7-13(21)20(11-3-4-14(18,19)6-11)8-9-5-10(16)1-2-12(9)17/h1-2,5,11H,3-4,6-8H2. The second-order valence-electron chi connectivity index (χ2n) is 5.14. The minimum absolute atomic E-state index is 0.0521. The van der Waals surface area contributed by atoms with Crippen molar-refractivity contribution in [1.82, 2.24) is 4.90 Å². The molecule has 1 saturated carbocycles. The molecule has 0 saturated heterocycles. The second kappa shape index (κ2) is 6.22. The average molecular weight is 324 g/mol. The predicted molar refractivity (Wildman–Crippen MR) is 70.2 cm³/mol. The molecule has 0 spiro atoms. The molecule has 2 rings (SSSR count). The molecule has 21 heavy (non-hydrogen) atoms. The Morgan fingerprint density at radius 3 is 2.67 bits per heavy atom. The third-order valence-corrected chi connectivity index (χ3v) is 3.83. The van der Waals surface area contributed by atoms with Gasteiger partial charge >= 0.3 is 0 Å². The quantitative estimate of drug-likeness (QED) is 0.611. The molecule has 1 fully saturated rings. The zero-order valence-corrected chi connectivity index (χ0v) is 11.8. The topological polar surface area (TPSA) is 20.3 Å². The van der Waals surface area contributed by atoms with Gasteiger partial charge in [-0.2, -0.15) is 0 Å². The first-order valence-electron chi connectivity index (χ1n) is 6.49. The molecule has 0 radical (unpaired) electrons. The van der Waals surface area contributed by atoms with Crippen LogP contribution in [0.4, 0.5) is 17.6 Å². The van der Waals surface area contributed by atoms with Crippen molar-refractivity contribution in [2.45, 2.75) is 37.8 Å². The van der Waals surface area contributed by atoms with Crippen molar-refractivity contribution < 1.29 is 22.4 Å². The Morgan fingerprint density at radius 1 is 1.38 bits per heavy atom. The molecule has 1 atom stereocenters. The van der Waals surface area contributed by atoms with E-state index < -0.39 is 35.9 Å². The number of amides is 1. The van der Waals surface area contributed by atoms with Gasteiger partial charge in [0.15, 0.2) is 0 Å². The summed E-state index contributed by atoms with van der Waals surface area (Å²) < 4.78 is 53.4. The lowest BCUT2D eigenvalue weighted by Gasteiger charge is -2.28. The highest BCUT2D eigenvalue weighted by atomic mass is 35.5. The minimum atomic E-state index is -2.84. The van der Waals surface area contributed by atoms with E-state index in [1.165, 1.54) is 0 Å². The molecule has 1 aromatic rings. The van der Waals surface area contributed by atoms with E-state index in [1.54, 1.807) is 0 Å². The van der Waals surface area contributed by atoms with Crippen LogP contribution >= 0.6 is 11.6 Å². The molecule has 0 aromatic heterocycles. The molecule has 1 aliphatic carbocycles. The summed E-state index contributed by atoms with van der Waals surface area (Å²) in [5, 5.41) is 0. The molecule has 2 nitrogen and oxygen atoms in total.